The standard InChI is InChI=1S/C10H9ClF3N5O2S/c1-19-5-16-9(8(19)11)22(20,21)18-17-7-3-2-6(4-15-7)10(12,13)14/h2-5,18H,1H3,(H,15,17). The molecule has 0 aliphatic rings. The van der Waals surface area contributed by atoms with Crippen LogP contribution in [-0.4, -0.2) is 23.0 Å². The molecule has 2 rings (SSSR count). The topological polar surface area (TPSA) is 88.9 Å². The molecule has 120 valence electrons. The summed E-state index contributed by atoms with van der Waals surface area (Å²) in [6.07, 6.45) is -2.75. The number of hydrogen-bond acceptors (Lipinski definition) is 5. The number of imidazole rings is 1. The number of sulfonamides is 1. The van der Waals surface area contributed by atoms with E-state index in [1.807, 2.05) is 4.83 Å². The van der Waals surface area contributed by atoms with Crippen molar-refractivity contribution in [2.45, 2.75) is 11.2 Å². The third kappa shape index (κ3) is 3.48. The van der Waals surface area contributed by atoms with E-state index < -0.39 is 26.8 Å². The minimum Gasteiger partial charge on any atom is -0.324 e. The second-order valence-electron chi connectivity index (χ2n) is 4.11. The molecule has 2 N–H and O–H groups in total. The molecule has 7 nitrogen and oxygen atoms in total. The number of alkyl halides is 3. The highest BCUT2D eigenvalue weighted by Crippen LogP contribution is 2.28. The third-order valence-electron chi connectivity index (χ3n) is 2.49. The van der Waals surface area contributed by atoms with Crippen LogP contribution in [0, 0.1) is 0 Å². The van der Waals surface area contributed by atoms with Crippen LogP contribution in [0.3, 0.4) is 0 Å². The molecule has 0 aliphatic heterocycles. The Labute approximate surface area is 128 Å². The predicted molar refractivity (Wildman–Crippen MR) is 71.4 cm³/mol. The third-order valence-corrected chi connectivity index (χ3v) is 4.23. The van der Waals surface area contributed by atoms with Gasteiger partial charge < -0.3 is 4.57 Å². The van der Waals surface area contributed by atoms with E-state index in [9.17, 15) is 21.6 Å². The highest BCUT2D eigenvalue weighted by molar-refractivity contribution is 7.89. The fourth-order valence-corrected chi connectivity index (χ4v) is 2.66. The first-order valence-electron chi connectivity index (χ1n) is 5.59. The fraction of sp³-hybridized carbons (Fsp3) is 0.200. The number of nitrogens with one attached hydrogen (secondary N) is 2. The van der Waals surface area contributed by atoms with Crippen molar-refractivity contribution in [3.05, 3.63) is 35.4 Å². The summed E-state index contributed by atoms with van der Waals surface area (Å²) < 4.78 is 62.2. The summed E-state index contributed by atoms with van der Waals surface area (Å²) in [6.45, 7) is 0. The summed E-state index contributed by atoms with van der Waals surface area (Å²) in [6, 6.07) is 1.74. The minimum absolute atomic E-state index is 0.116. The molecule has 22 heavy (non-hydrogen) atoms. The highest BCUT2D eigenvalue weighted by atomic mass is 35.5. The van der Waals surface area contributed by atoms with Crippen LogP contribution < -0.4 is 10.3 Å². The van der Waals surface area contributed by atoms with E-state index >= 15 is 0 Å². The summed E-state index contributed by atoms with van der Waals surface area (Å²) in [5.41, 5.74) is 1.22. The zero-order valence-corrected chi connectivity index (χ0v) is 12.5. The summed E-state index contributed by atoms with van der Waals surface area (Å²) >= 11 is 5.76. The molecule has 0 aromatic carbocycles. The average Bonchev–Trinajstić information content (AvgIpc) is 2.77. The Balaban J connectivity index is 2.11. The molecule has 0 unspecified atom stereocenters. The predicted octanol–water partition coefficient (Wildman–Crippen LogP) is 1.79. The summed E-state index contributed by atoms with van der Waals surface area (Å²) in [7, 11) is -2.59. The van der Waals surface area contributed by atoms with Gasteiger partial charge in [0.1, 0.15) is 11.0 Å². The Hall–Kier alpha value is -1.85. The molecule has 0 saturated heterocycles. The Bertz CT molecular complexity index is 773. The van der Waals surface area contributed by atoms with Crippen molar-refractivity contribution < 1.29 is 21.6 Å². The Kier molecular flexibility index (Phi) is 4.31. The monoisotopic (exact) mass is 355 g/mol. The molecule has 0 spiro atoms. The minimum atomic E-state index is -4.52. The van der Waals surface area contributed by atoms with Gasteiger partial charge in [0.2, 0.25) is 5.03 Å². The molecule has 2 heterocycles. The van der Waals surface area contributed by atoms with Crippen LogP contribution in [-0.2, 0) is 23.2 Å². The maximum atomic E-state index is 12.4. The molecule has 0 atom stereocenters. The van der Waals surface area contributed by atoms with Crippen molar-refractivity contribution in [1.82, 2.24) is 19.4 Å². The van der Waals surface area contributed by atoms with Gasteiger partial charge in [-0.15, -0.1) is 4.83 Å². The zero-order valence-electron chi connectivity index (χ0n) is 10.9. The number of pyridine rings is 1. The van der Waals surface area contributed by atoms with Crippen molar-refractivity contribution >= 4 is 27.4 Å². The Morgan fingerprint density at radius 3 is 2.41 bits per heavy atom. The lowest BCUT2D eigenvalue weighted by Gasteiger charge is -2.09. The van der Waals surface area contributed by atoms with Gasteiger partial charge >= 0.3 is 6.18 Å². The number of nitrogens with zero attached hydrogens (tertiary/aromatic N) is 3. The normalized spacial score (nSPS) is 12.4. The molecule has 0 amide bonds. The van der Waals surface area contributed by atoms with Crippen LogP contribution in [0.25, 0.3) is 0 Å². The van der Waals surface area contributed by atoms with Gasteiger partial charge in [-0.1, -0.05) is 11.6 Å². The van der Waals surface area contributed by atoms with Crippen LogP contribution in [0.2, 0.25) is 5.15 Å². The molecule has 0 radical (unpaired) electrons. The summed E-state index contributed by atoms with van der Waals surface area (Å²) in [5.74, 6) is -0.122. The van der Waals surface area contributed by atoms with Gasteiger partial charge in [-0.2, -0.15) is 13.2 Å². The van der Waals surface area contributed by atoms with Gasteiger partial charge in [-0.25, -0.2) is 18.4 Å². The number of aromatic nitrogens is 3. The smallest absolute Gasteiger partial charge is 0.324 e. The molecule has 12 heteroatoms. The number of hydrazine groups is 1. The van der Waals surface area contributed by atoms with Crippen LogP contribution in [0.5, 0.6) is 0 Å². The van der Waals surface area contributed by atoms with Crippen molar-refractivity contribution in [2.75, 3.05) is 5.43 Å². The number of hydrogen-bond donors (Lipinski definition) is 2. The van der Waals surface area contributed by atoms with E-state index in [0.29, 0.717) is 6.20 Å². The van der Waals surface area contributed by atoms with Gasteiger partial charge in [-0.05, 0) is 12.1 Å². The SMILES string of the molecule is Cn1cnc(S(=O)(=O)NNc2ccc(C(F)(F)F)cn2)c1Cl. The van der Waals surface area contributed by atoms with Crippen LogP contribution in [0.15, 0.2) is 29.7 Å². The molecule has 0 aliphatic carbocycles. The first kappa shape index (κ1) is 16.5. The largest absolute Gasteiger partial charge is 0.417 e. The van der Waals surface area contributed by atoms with E-state index in [0.717, 1.165) is 12.1 Å². The quantitative estimate of drug-likeness (QED) is 0.816. The number of rotatable bonds is 4. The summed E-state index contributed by atoms with van der Waals surface area (Å²) in [4.78, 5) is 8.99. The molecule has 0 bridgehead atoms. The van der Waals surface area contributed by atoms with E-state index in [1.165, 1.54) is 17.9 Å². The number of halogens is 4. The Morgan fingerprint density at radius 1 is 1.27 bits per heavy atom. The maximum Gasteiger partial charge on any atom is 0.417 e. The lowest BCUT2D eigenvalue weighted by molar-refractivity contribution is -0.137. The molecule has 0 saturated carbocycles. The van der Waals surface area contributed by atoms with Crippen molar-refractivity contribution in [3.63, 3.8) is 0 Å². The summed E-state index contributed by atoms with van der Waals surface area (Å²) in [5, 5.41) is -0.536. The van der Waals surface area contributed by atoms with Crippen molar-refractivity contribution in [3.8, 4) is 0 Å². The second-order valence-corrected chi connectivity index (χ2v) is 6.07. The zero-order chi connectivity index (χ0) is 16.5. The number of anilines is 1. The van der Waals surface area contributed by atoms with E-state index in [4.69, 9.17) is 11.6 Å². The van der Waals surface area contributed by atoms with Crippen LogP contribution in [0.4, 0.5) is 19.0 Å². The fourth-order valence-electron chi connectivity index (χ4n) is 1.38. The van der Waals surface area contributed by atoms with E-state index in [-0.39, 0.29) is 11.0 Å². The van der Waals surface area contributed by atoms with Gasteiger partial charge in [0, 0.05) is 13.2 Å². The van der Waals surface area contributed by atoms with E-state index in [2.05, 4.69) is 15.4 Å². The maximum absolute atomic E-state index is 12.4. The second kappa shape index (κ2) is 5.74. The molecular formula is C10H9ClF3N5O2S. The lowest BCUT2D eigenvalue weighted by atomic mass is 10.3. The van der Waals surface area contributed by atoms with Gasteiger partial charge in [0.05, 0.1) is 11.9 Å². The molecule has 2 aromatic heterocycles. The first-order valence-corrected chi connectivity index (χ1v) is 7.45. The lowest BCUT2D eigenvalue weighted by Crippen LogP contribution is -2.30. The molecule has 2 aromatic rings. The van der Waals surface area contributed by atoms with E-state index in [1.54, 1.807) is 0 Å². The van der Waals surface area contributed by atoms with Crippen LogP contribution >= 0.6 is 11.6 Å². The van der Waals surface area contributed by atoms with Crippen LogP contribution in [0.1, 0.15) is 5.56 Å². The van der Waals surface area contributed by atoms with Gasteiger partial charge in [-0.3, -0.25) is 5.43 Å². The van der Waals surface area contributed by atoms with Gasteiger partial charge in [0.15, 0.2) is 0 Å². The van der Waals surface area contributed by atoms with Gasteiger partial charge in [0.25, 0.3) is 10.0 Å². The highest BCUT2D eigenvalue weighted by Gasteiger charge is 2.30. The Morgan fingerprint density at radius 2 is 1.95 bits per heavy atom. The molecular weight excluding hydrogens is 347 g/mol. The first-order chi connectivity index (χ1) is 10.1. The van der Waals surface area contributed by atoms with Crippen molar-refractivity contribution in [1.29, 1.82) is 0 Å². The molecule has 0 fully saturated rings. The van der Waals surface area contributed by atoms with Crippen molar-refractivity contribution in [2.24, 2.45) is 7.05 Å². The average molecular weight is 356 g/mol. The number of aryl methyl sites for hydroxylation is 1.